The molecule has 0 aliphatic rings. The van der Waals surface area contributed by atoms with Gasteiger partial charge in [-0.3, -0.25) is 4.98 Å². The van der Waals surface area contributed by atoms with Crippen LogP contribution in [0.1, 0.15) is 13.8 Å². The van der Waals surface area contributed by atoms with Gasteiger partial charge in [-0.15, -0.1) is 0 Å². The fraction of sp³-hybridized carbons (Fsp3) is 0.222. The van der Waals surface area contributed by atoms with Crippen LogP contribution < -0.4 is 10.4 Å². The lowest BCUT2D eigenvalue weighted by molar-refractivity contribution is 1.26. The second-order valence-corrected chi connectivity index (χ2v) is 2.53. The smallest absolute Gasteiger partial charge is 0.0340 e. The molecule has 0 fully saturated rings. The average molecular weight is 133 g/mol. The highest BCUT2D eigenvalue weighted by atomic mass is 14.6. The fourth-order valence-electron chi connectivity index (χ4n) is 0.915. The van der Waals surface area contributed by atoms with Crippen molar-refractivity contribution in [3.8, 4) is 0 Å². The van der Waals surface area contributed by atoms with Gasteiger partial charge in [0.05, 0.1) is 0 Å². The van der Waals surface area contributed by atoms with Crippen LogP contribution in [0.5, 0.6) is 0 Å². The first-order chi connectivity index (χ1) is 4.72. The first kappa shape index (κ1) is 7.00. The van der Waals surface area contributed by atoms with E-state index < -0.39 is 0 Å². The molecule has 0 saturated carbocycles. The van der Waals surface area contributed by atoms with E-state index in [0.717, 1.165) is 5.22 Å². The molecule has 0 saturated heterocycles. The van der Waals surface area contributed by atoms with Crippen molar-refractivity contribution in [1.82, 2.24) is 4.98 Å². The van der Waals surface area contributed by atoms with Gasteiger partial charge >= 0.3 is 0 Å². The average Bonchev–Trinajstić information content (AvgIpc) is 1.88. The van der Waals surface area contributed by atoms with Crippen molar-refractivity contribution in [2.24, 2.45) is 0 Å². The Hall–Kier alpha value is -1.11. The number of pyridine rings is 1. The van der Waals surface area contributed by atoms with Gasteiger partial charge < -0.3 is 0 Å². The van der Waals surface area contributed by atoms with Gasteiger partial charge in [0.25, 0.3) is 0 Å². The zero-order valence-corrected chi connectivity index (χ0v) is 6.39. The van der Waals surface area contributed by atoms with Crippen LogP contribution in [0.25, 0.3) is 12.2 Å². The van der Waals surface area contributed by atoms with Gasteiger partial charge in [0.1, 0.15) is 0 Å². The SMILES string of the molecule is C=c1cnccc1=C(C)C. The van der Waals surface area contributed by atoms with Crippen LogP contribution in [0.2, 0.25) is 0 Å². The van der Waals surface area contributed by atoms with E-state index >= 15 is 0 Å². The van der Waals surface area contributed by atoms with Crippen LogP contribution in [0.3, 0.4) is 0 Å². The standard InChI is InChI=1S/C9H11N/c1-7(2)9-4-5-10-6-8(9)3/h4-6H,3H2,1-2H3. The molecule has 0 amide bonds. The molecule has 1 nitrogen and oxygen atoms in total. The normalized spacial score (nSPS) is 9.40. The molecule has 0 atom stereocenters. The van der Waals surface area contributed by atoms with E-state index in [-0.39, 0.29) is 0 Å². The third-order valence-electron chi connectivity index (χ3n) is 1.44. The Labute approximate surface area is 60.7 Å². The van der Waals surface area contributed by atoms with Crippen LogP contribution >= 0.6 is 0 Å². The molecule has 1 rings (SSSR count). The number of rotatable bonds is 0. The predicted octanol–water partition coefficient (Wildman–Crippen LogP) is 0.682. The van der Waals surface area contributed by atoms with Crippen molar-refractivity contribution in [1.29, 1.82) is 0 Å². The van der Waals surface area contributed by atoms with E-state index in [1.54, 1.807) is 12.4 Å². The van der Waals surface area contributed by atoms with Gasteiger partial charge in [-0.25, -0.2) is 0 Å². The largest absolute Gasteiger partial charge is 0.264 e. The summed E-state index contributed by atoms with van der Waals surface area (Å²) in [5.74, 6) is 0. The Balaban J connectivity index is 3.60. The minimum Gasteiger partial charge on any atom is -0.264 e. The molecule has 0 aliphatic carbocycles. The van der Waals surface area contributed by atoms with Gasteiger partial charge in [-0.05, 0) is 30.4 Å². The topological polar surface area (TPSA) is 12.9 Å². The zero-order chi connectivity index (χ0) is 7.56. The molecule has 0 unspecified atom stereocenters. The predicted molar refractivity (Wildman–Crippen MR) is 43.8 cm³/mol. The number of hydrogen-bond donors (Lipinski definition) is 0. The summed E-state index contributed by atoms with van der Waals surface area (Å²) in [7, 11) is 0. The second kappa shape index (κ2) is 2.65. The summed E-state index contributed by atoms with van der Waals surface area (Å²) in [4.78, 5) is 3.95. The Bertz CT molecular complexity index is 321. The summed E-state index contributed by atoms with van der Waals surface area (Å²) in [6.07, 6.45) is 3.57. The van der Waals surface area contributed by atoms with Crippen LogP contribution in [0.4, 0.5) is 0 Å². The second-order valence-electron chi connectivity index (χ2n) is 2.53. The highest BCUT2D eigenvalue weighted by molar-refractivity contribution is 5.38. The number of hydrogen-bond acceptors (Lipinski definition) is 1. The maximum atomic E-state index is 3.95. The van der Waals surface area contributed by atoms with Crippen molar-refractivity contribution < 1.29 is 0 Å². The third-order valence-corrected chi connectivity index (χ3v) is 1.44. The Morgan fingerprint density at radius 1 is 1.50 bits per heavy atom. The van der Waals surface area contributed by atoms with Crippen LogP contribution in [-0.2, 0) is 0 Å². The van der Waals surface area contributed by atoms with Crippen LogP contribution in [-0.4, -0.2) is 4.98 Å². The van der Waals surface area contributed by atoms with E-state index in [0.29, 0.717) is 0 Å². The van der Waals surface area contributed by atoms with E-state index in [4.69, 9.17) is 0 Å². The molecular weight excluding hydrogens is 122 g/mol. The monoisotopic (exact) mass is 133 g/mol. The Morgan fingerprint density at radius 3 is 2.60 bits per heavy atom. The van der Waals surface area contributed by atoms with Crippen molar-refractivity contribution in [3.63, 3.8) is 0 Å². The van der Waals surface area contributed by atoms with Gasteiger partial charge in [-0.1, -0.05) is 12.2 Å². The third kappa shape index (κ3) is 1.24. The highest BCUT2D eigenvalue weighted by Gasteiger charge is 1.82. The van der Waals surface area contributed by atoms with E-state index in [9.17, 15) is 0 Å². The highest BCUT2D eigenvalue weighted by Crippen LogP contribution is 1.80. The molecule has 0 aromatic carbocycles. The Morgan fingerprint density at radius 2 is 2.20 bits per heavy atom. The van der Waals surface area contributed by atoms with E-state index in [1.807, 2.05) is 6.07 Å². The lowest BCUT2D eigenvalue weighted by Crippen LogP contribution is -2.24. The molecule has 0 aliphatic heterocycles. The molecule has 1 aromatic rings. The van der Waals surface area contributed by atoms with Crippen molar-refractivity contribution in [2.75, 3.05) is 0 Å². The van der Waals surface area contributed by atoms with Gasteiger partial charge in [0, 0.05) is 12.4 Å². The number of aromatic nitrogens is 1. The molecule has 52 valence electrons. The molecule has 0 N–H and O–H groups in total. The minimum atomic E-state index is 1.00. The van der Waals surface area contributed by atoms with Gasteiger partial charge in [0.2, 0.25) is 0 Å². The van der Waals surface area contributed by atoms with Gasteiger partial charge in [-0.2, -0.15) is 0 Å². The summed E-state index contributed by atoms with van der Waals surface area (Å²) in [5.41, 5.74) is 1.28. The molecular formula is C9H11N. The van der Waals surface area contributed by atoms with Crippen molar-refractivity contribution >= 4 is 12.2 Å². The maximum Gasteiger partial charge on any atom is 0.0340 e. The minimum absolute atomic E-state index is 1.00. The summed E-state index contributed by atoms with van der Waals surface area (Å²) >= 11 is 0. The van der Waals surface area contributed by atoms with Gasteiger partial charge in [0.15, 0.2) is 0 Å². The summed E-state index contributed by atoms with van der Waals surface area (Å²) < 4.78 is 0. The summed E-state index contributed by atoms with van der Waals surface area (Å²) in [6, 6.07) is 1.98. The van der Waals surface area contributed by atoms with E-state index in [2.05, 4.69) is 25.4 Å². The van der Waals surface area contributed by atoms with E-state index in [1.165, 1.54) is 10.8 Å². The molecule has 0 bridgehead atoms. The zero-order valence-electron chi connectivity index (χ0n) is 6.39. The number of nitrogens with zero attached hydrogens (tertiary/aromatic N) is 1. The van der Waals surface area contributed by atoms with Crippen LogP contribution in [0.15, 0.2) is 18.5 Å². The lowest BCUT2D eigenvalue weighted by Gasteiger charge is -1.89. The summed E-state index contributed by atoms with van der Waals surface area (Å²) in [5, 5.41) is 2.21. The Kier molecular flexibility index (Phi) is 1.86. The molecule has 0 radical (unpaired) electrons. The first-order valence-electron chi connectivity index (χ1n) is 3.28. The molecule has 1 heterocycles. The van der Waals surface area contributed by atoms with Crippen molar-refractivity contribution in [3.05, 3.63) is 28.9 Å². The lowest BCUT2D eigenvalue weighted by atomic mass is 10.2. The molecule has 1 aromatic heterocycles. The fourth-order valence-corrected chi connectivity index (χ4v) is 0.915. The molecule has 1 heteroatoms. The summed E-state index contributed by atoms with van der Waals surface area (Å²) in [6.45, 7) is 8.01. The first-order valence-corrected chi connectivity index (χ1v) is 3.28. The molecule has 0 spiro atoms. The quantitative estimate of drug-likeness (QED) is 0.507. The maximum absolute atomic E-state index is 3.95. The van der Waals surface area contributed by atoms with Crippen molar-refractivity contribution in [2.45, 2.75) is 13.8 Å². The van der Waals surface area contributed by atoms with Crippen LogP contribution in [0, 0.1) is 0 Å². The molecule has 10 heavy (non-hydrogen) atoms.